The van der Waals surface area contributed by atoms with Crippen molar-refractivity contribution in [3.63, 3.8) is 0 Å². The van der Waals surface area contributed by atoms with Gasteiger partial charge < -0.3 is 16.2 Å². The summed E-state index contributed by atoms with van der Waals surface area (Å²) in [6.45, 7) is 0. The Morgan fingerprint density at radius 2 is 1.18 bits per heavy atom. The van der Waals surface area contributed by atoms with E-state index in [2.05, 4.69) is 25.3 Å². The SMILES string of the molecule is Nc1c(S)cccc1Oc1cccc(S)c1N. The third kappa shape index (κ3) is 2.45. The summed E-state index contributed by atoms with van der Waals surface area (Å²) in [4.78, 5) is 1.34. The van der Waals surface area contributed by atoms with E-state index >= 15 is 0 Å². The molecule has 0 radical (unpaired) electrons. The molecule has 0 aliphatic heterocycles. The van der Waals surface area contributed by atoms with Gasteiger partial charge in [-0.3, -0.25) is 0 Å². The minimum atomic E-state index is 0.486. The Morgan fingerprint density at radius 3 is 1.59 bits per heavy atom. The van der Waals surface area contributed by atoms with Crippen molar-refractivity contribution >= 4 is 36.6 Å². The Balaban J connectivity index is 2.38. The van der Waals surface area contributed by atoms with Gasteiger partial charge in [-0.25, -0.2) is 0 Å². The van der Waals surface area contributed by atoms with Gasteiger partial charge in [0.1, 0.15) is 0 Å². The van der Waals surface area contributed by atoms with E-state index in [-0.39, 0.29) is 0 Å². The molecule has 2 aromatic carbocycles. The smallest absolute Gasteiger partial charge is 0.151 e. The Kier molecular flexibility index (Phi) is 3.40. The van der Waals surface area contributed by atoms with Crippen molar-refractivity contribution in [1.29, 1.82) is 0 Å². The van der Waals surface area contributed by atoms with Gasteiger partial charge in [-0.05, 0) is 24.3 Å². The fourth-order valence-corrected chi connectivity index (χ4v) is 1.75. The van der Waals surface area contributed by atoms with Crippen LogP contribution in [0.25, 0.3) is 0 Å². The minimum absolute atomic E-state index is 0.486. The molecule has 3 nitrogen and oxygen atoms in total. The van der Waals surface area contributed by atoms with Gasteiger partial charge >= 0.3 is 0 Å². The quantitative estimate of drug-likeness (QED) is 0.497. The zero-order valence-corrected chi connectivity index (χ0v) is 10.7. The van der Waals surface area contributed by atoms with Gasteiger partial charge in [0, 0.05) is 9.79 Å². The number of benzene rings is 2. The number of ether oxygens (including phenoxy) is 1. The van der Waals surface area contributed by atoms with Crippen molar-refractivity contribution in [2.45, 2.75) is 9.79 Å². The summed E-state index contributed by atoms with van der Waals surface area (Å²) in [6.07, 6.45) is 0. The molecule has 4 N–H and O–H groups in total. The lowest BCUT2D eigenvalue weighted by atomic mass is 10.2. The second kappa shape index (κ2) is 4.81. The predicted molar refractivity (Wildman–Crippen MR) is 76.3 cm³/mol. The third-order valence-corrected chi connectivity index (χ3v) is 3.09. The summed E-state index contributed by atoms with van der Waals surface area (Å²) < 4.78 is 5.65. The van der Waals surface area contributed by atoms with E-state index in [1.165, 1.54) is 0 Å². The van der Waals surface area contributed by atoms with Crippen LogP contribution >= 0.6 is 25.3 Å². The number of rotatable bonds is 2. The van der Waals surface area contributed by atoms with Crippen LogP contribution < -0.4 is 16.2 Å². The number of hydrogen-bond acceptors (Lipinski definition) is 5. The summed E-state index contributed by atoms with van der Waals surface area (Å²) in [5.41, 5.74) is 12.7. The minimum Gasteiger partial charge on any atom is -0.453 e. The molecule has 0 unspecified atom stereocenters. The molecule has 0 amide bonds. The molecule has 2 aromatic rings. The molecule has 0 saturated carbocycles. The van der Waals surface area contributed by atoms with Gasteiger partial charge in [0.05, 0.1) is 11.4 Å². The molecule has 0 saturated heterocycles. The van der Waals surface area contributed by atoms with Gasteiger partial charge in [-0.2, -0.15) is 0 Å². The van der Waals surface area contributed by atoms with Crippen molar-refractivity contribution in [3.8, 4) is 11.5 Å². The Hall–Kier alpha value is -1.46. The molecule has 5 heteroatoms. The van der Waals surface area contributed by atoms with Crippen LogP contribution in [0, 0.1) is 0 Å². The second-order valence-electron chi connectivity index (χ2n) is 3.48. The standard InChI is InChI=1S/C12H12N2OS2/c13-11-7(3-1-5-9(11)16)15-8-4-2-6-10(17)12(8)14/h1-6,16-17H,13-14H2. The van der Waals surface area contributed by atoms with Crippen molar-refractivity contribution in [2.24, 2.45) is 0 Å². The number of thiol groups is 2. The topological polar surface area (TPSA) is 61.3 Å². The molecule has 0 heterocycles. The normalized spacial score (nSPS) is 10.2. The lowest BCUT2D eigenvalue weighted by Crippen LogP contribution is -1.96. The average molecular weight is 264 g/mol. The van der Waals surface area contributed by atoms with Crippen molar-refractivity contribution in [3.05, 3.63) is 36.4 Å². The molecular formula is C12H12N2OS2. The molecule has 0 bridgehead atoms. The average Bonchev–Trinajstić information content (AvgIpc) is 2.31. The van der Waals surface area contributed by atoms with Crippen molar-refractivity contribution in [1.82, 2.24) is 0 Å². The summed E-state index contributed by atoms with van der Waals surface area (Å²) >= 11 is 8.46. The molecule has 0 aliphatic rings. The van der Waals surface area contributed by atoms with Gasteiger partial charge in [-0.15, -0.1) is 25.3 Å². The highest BCUT2D eigenvalue weighted by Gasteiger charge is 2.08. The van der Waals surface area contributed by atoms with E-state index in [1.54, 1.807) is 24.3 Å². The number of nitrogen functional groups attached to an aromatic ring is 2. The molecule has 0 atom stereocenters. The fraction of sp³-hybridized carbons (Fsp3) is 0. The number of hydrogen-bond donors (Lipinski definition) is 4. The molecular weight excluding hydrogens is 252 g/mol. The first-order chi connectivity index (χ1) is 8.09. The van der Waals surface area contributed by atoms with Crippen LogP contribution in [0.3, 0.4) is 0 Å². The lowest BCUT2D eigenvalue weighted by molar-refractivity contribution is 0.485. The maximum atomic E-state index is 5.86. The maximum absolute atomic E-state index is 5.86. The summed E-state index contributed by atoms with van der Waals surface area (Å²) in [7, 11) is 0. The second-order valence-corrected chi connectivity index (χ2v) is 4.44. The van der Waals surface area contributed by atoms with Crippen LogP contribution in [0.15, 0.2) is 46.2 Å². The van der Waals surface area contributed by atoms with Crippen LogP contribution in [0.5, 0.6) is 11.5 Å². The van der Waals surface area contributed by atoms with E-state index in [4.69, 9.17) is 16.2 Å². The molecule has 0 spiro atoms. The highest BCUT2D eigenvalue weighted by Crippen LogP contribution is 2.36. The van der Waals surface area contributed by atoms with E-state index in [1.807, 2.05) is 12.1 Å². The Labute approximate surface area is 111 Å². The summed E-state index contributed by atoms with van der Waals surface area (Å²) in [5, 5.41) is 0. The highest BCUT2D eigenvalue weighted by molar-refractivity contribution is 7.80. The molecule has 0 aliphatic carbocycles. The monoisotopic (exact) mass is 264 g/mol. The van der Waals surface area contributed by atoms with Crippen LogP contribution in [-0.2, 0) is 0 Å². The van der Waals surface area contributed by atoms with Gasteiger partial charge in [-0.1, -0.05) is 12.1 Å². The van der Waals surface area contributed by atoms with Gasteiger partial charge in [0.25, 0.3) is 0 Å². The van der Waals surface area contributed by atoms with Crippen LogP contribution in [-0.4, -0.2) is 0 Å². The molecule has 17 heavy (non-hydrogen) atoms. The molecule has 0 aromatic heterocycles. The largest absolute Gasteiger partial charge is 0.453 e. The zero-order chi connectivity index (χ0) is 12.4. The van der Waals surface area contributed by atoms with Crippen LogP contribution in [0.2, 0.25) is 0 Å². The highest BCUT2D eigenvalue weighted by atomic mass is 32.1. The number of anilines is 2. The van der Waals surface area contributed by atoms with Gasteiger partial charge in [0.15, 0.2) is 11.5 Å². The van der Waals surface area contributed by atoms with Crippen molar-refractivity contribution in [2.75, 3.05) is 11.5 Å². The van der Waals surface area contributed by atoms with E-state index < -0.39 is 0 Å². The Bertz CT molecular complexity index is 509. The number of para-hydroxylation sites is 2. The summed E-state index contributed by atoms with van der Waals surface area (Å²) in [5.74, 6) is 1.06. The van der Waals surface area contributed by atoms with E-state index in [0.29, 0.717) is 32.7 Å². The predicted octanol–water partition coefficient (Wildman–Crippen LogP) is 3.22. The number of nitrogens with two attached hydrogens (primary N) is 2. The molecule has 88 valence electrons. The fourth-order valence-electron chi connectivity index (χ4n) is 1.36. The first-order valence-electron chi connectivity index (χ1n) is 4.92. The van der Waals surface area contributed by atoms with E-state index in [9.17, 15) is 0 Å². The van der Waals surface area contributed by atoms with E-state index in [0.717, 1.165) is 0 Å². The zero-order valence-electron chi connectivity index (χ0n) is 8.92. The van der Waals surface area contributed by atoms with Crippen LogP contribution in [0.1, 0.15) is 0 Å². The first-order valence-corrected chi connectivity index (χ1v) is 5.82. The lowest BCUT2D eigenvalue weighted by Gasteiger charge is -2.12. The van der Waals surface area contributed by atoms with Crippen LogP contribution in [0.4, 0.5) is 11.4 Å². The first kappa shape index (κ1) is 12.0. The van der Waals surface area contributed by atoms with Crippen molar-refractivity contribution < 1.29 is 4.74 Å². The maximum Gasteiger partial charge on any atom is 0.151 e. The van der Waals surface area contributed by atoms with Gasteiger partial charge in [0.2, 0.25) is 0 Å². The summed E-state index contributed by atoms with van der Waals surface area (Å²) in [6, 6.07) is 10.7. The third-order valence-electron chi connectivity index (χ3n) is 2.31. The molecule has 2 rings (SSSR count). The molecule has 0 fully saturated rings. The Morgan fingerprint density at radius 1 is 0.765 bits per heavy atom.